The van der Waals surface area contributed by atoms with E-state index in [0.29, 0.717) is 6.42 Å². The molecule has 0 saturated heterocycles. The summed E-state index contributed by atoms with van der Waals surface area (Å²) in [6.07, 6.45) is 12.0. The second kappa shape index (κ2) is 13.9. The number of carbonyl (C=O) groups is 3. The van der Waals surface area contributed by atoms with Crippen molar-refractivity contribution in [3.8, 4) is 12.3 Å². The molecule has 0 aromatic carbocycles. The molecule has 0 aliphatic rings. The predicted molar refractivity (Wildman–Crippen MR) is 101 cm³/mol. The molecule has 1 unspecified atom stereocenters. The Morgan fingerprint density at radius 2 is 1.85 bits per heavy atom. The average molecular weight is 365 g/mol. The number of unbranched alkanes of at least 4 members (excludes halogenated alkanes) is 4. The third-order valence-electron chi connectivity index (χ3n) is 3.76. The van der Waals surface area contributed by atoms with Crippen LogP contribution in [-0.4, -0.2) is 43.5 Å². The van der Waals surface area contributed by atoms with Crippen LogP contribution < -0.4 is 16.4 Å². The number of nitrogens with two attached hydrogens (primary N) is 1. The molecule has 0 aromatic rings. The number of amides is 3. The molecule has 0 radical (unpaired) electrons. The highest BCUT2D eigenvalue weighted by atomic mass is 16.5. The maximum Gasteiger partial charge on any atom is 0.247 e. The number of methoxy groups -OCH3 is 1. The molecule has 0 aliphatic carbocycles. The zero-order chi connectivity index (χ0) is 19.9. The van der Waals surface area contributed by atoms with Gasteiger partial charge in [-0.1, -0.05) is 38.5 Å². The number of primary amides is 1. The molecule has 2 atom stereocenters. The summed E-state index contributed by atoms with van der Waals surface area (Å²) >= 11 is 0. The zero-order valence-electron chi connectivity index (χ0n) is 16.0. The van der Waals surface area contributed by atoms with Gasteiger partial charge in [0.15, 0.2) is 0 Å². The van der Waals surface area contributed by atoms with E-state index in [9.17, 15) is 14.4 Å². The zero-order valence-corrected chi connectivity index (χ0v) is 16.0. The quantitative estimate of drug-likeness (QED) is 0.257. The van der Waals surface area contributed by atoms with Gasteiger partial charge in [-0.05, 0) is 19.4 Å². The van der Waals surface area contributed by atoms with Gasteiger partial charge < -0.3 is 21.1 Å². The van der Waals surface area contributed by atoms with Crippen molar-refractivity contribution in [2.45, 2.75) is 64.5 Å². The molecule has 0 aromatic heterocycles. The summed E-state index contributed by atoms with van der Waals surface area (Å²) in [6, 6.07) is -1.67. The first-order valence-corrected chi connectivity index (χ1v) is 8.88. The third kappa shape index (κ3) is 10.5. The standard InChI is InChI=1S/C19H31N3O4/c1-5-7-8-9-10-11-17(23)22-16(12-14(3)18(20)24)19(25)21-15(6-2)13-26-4/h2,12,15-16H,5,7-11,13H2,1,3-4H3,(H2,20,24)(H,21,25)(H,22,23)/b14-12-/t15-,16?/m0/s1. The average Bonchev–Trinajstić information content (AvgIpc) is 2.60. The van der Waals surface area contributed by atoms with Crippen LogP contribution in [0.1, 0.15) is 52.4 Å². The van der Waals surface area contributed by atoms with Crippen molar-refractivity contribution in [2.24, 2.45) is 5.73 Å². The van der Waals surface area contributed by atoms with Crippen LogP contribution in [0.15, 0.2) is 11.6 Å². The number of hydrogen-bond acceptors (Lipinski definition) is 4. The summed E-state index contributed by atoms with van der Waals surface area (Å²) in [5, 5.41) is 5.21. The minimum atomic E-state index is -1.03. The van der Waals surface area contributed by atoms with Gasteiger partial charge >= 0.3 is 0 Å². The Morgan fingerprint density at radius 3 is 2.38 bits per heavy atom. The molecule has 7 heteroatoms. The fourth-order valence-corrected chi connectivity index (χ4v) is 2.21. The van der Waals surface area contributed by atoms with E-state index >= 15 is 0 Å². The van der Waals surface area contributed by atoms with Crippen LogP contribution in [0.5, 0.6) is 0 Å². The van der Waals surface area contributed by atoms with E-state index in [0.717, 1.165) is 32.1 Å². The molecule has 0 rings (SSSR count). The fourth-order valence-electron chi connectivity index (χ4n) is 2.21. The largest absolute Gasteiger partial charge is 0.382 e. The molecule has 146 valence electrons. The molecule has 7 nitrogen and oxygen atoms in total. The summed E-state index contributed by atoms with van der Waals surface area (Å²) in [6.45, 7) is 3.74. The number of nitrogens with one attached hydrogen (secondary N) is 2. The third-order valence-corrected chi connectivity index (χ3v) is 3.76. The lowest BCUT2D eigenvalue weighted by molar-refractivity contribution is -0.128. The van der Waals surface area contributed by atoms with Gasteiger partial charge in [0.25, 0.3) is 0 Å². The number of rotatable bonds is 13. The highest BCUT2D eigenvalue weighted by molar-refractivity contribution is 5.95. The second-order valence-corrected chi connectivity index (χ2v) is 6.11. The summed E-state index contributed by atoms with van der Waals surface area (Å²) in [4.78, 5) is 35.8. The predicted octanol–water partition coefficient (Wildman–Crippen LogP) is 1.03. The second-order valence-electron chi connectivity index (χ2n) is 6.11. The number of carbonyl (C=O) groups excluding carboxylic acids is 3. The Hall–Kier alpha value is -2.33. The topological polar surface area (TPSA) is 111 Å². The Labute approximate surface area is 156 Å². The molecule has 0 spiro atoms. The van der Waals surface area contributed by atoms with E-state index in [1.165, 1.54) is 20.1 Å². The van der Waals surface area contributed by atoms with Crippen molar-refractivity contribution >= 4 is 17.7 Å². The molecule has 0 saturated carbocycles. The van der Waals surface area contributed by atoms with E-state index in [1.807, 2.05) is 0 Å². The van der Waals surface area contributed by atoms with E-state index in [2.05, 4.69) is 23.5 Å². The van der Waals surface area contributed by atoms with Crippen LogP contribution in [0.4, 0.5) is 0 Å². The van der Waals surface area contributed by atoms with E-state index in [-0.39, 0.29) is 18.1 Å². The minimum Gasteiger partial charge on any atom is -0.382 e. The highest BCUT2D eigenvalue weighted by Crippen LogP contribution is 2.05. The Kier molecular flexibility index (Phi) is 12.7. The molecule has 4 N–H and O–H groups in total. The summed E-state index contributed by atoms with van der Waals surface area (Å²) in [7, 11) is 1.46. The summed E-state index contributed by atoms with van der Waals surface area (Å²) < 4.78 is 4.93. The van der Waals surface area contributed by atoms with Gasteiger partial charge in [0, 0.05) is 19.1 Å². The first kappa shape index (κ1) is 23.7. The highest BCUT2D eigenvalue weighted by Gasteiger charge is 2.21. The van der Waals surface area contributed by atoms with Crippen molar-refractivity contribution < 1.29 is 19.1 Å². The molecule has 0 fully saturated rings. The van der Waals surface area contributed by atoms with Gasteiger partial charge in [0.05, 0.1) is 6.61 Å². The van der Waals surface area contributed by atoms with Crippen molar-refractivity contribution in [2.75, 3.05) is 13.7 Å². The maximum atomic E-state index is 12.4. The van der Waals surface area contributed by atoms with Crippen LogP contribution in [0.3, 0.4) is 0 Å². The number of hydrogen-bond donors (Lipinski definition) is 3. The van der Waals surface area contributed by atoms with Crippen LogP contribution in [0, 0.1) is 12.3 Å². The van der Waals surface area contributed by atoms with Crippen LogP contribution >= 0.6 is 0 Å². The normalized spacial score (nSPS) is 13.4. The summed E-state index contributed by atoms with van der Waals surface area (Å²) in [5.41, 5.74) is 5.39. The fraction of sp³-hybridized carbons (Fsp3) is 0.632. The van der Waals surface area contributed by atoms with Gasteiger partial charge in [-0.15, -0.1) is 6.42 Å². The number of terminal acetylenes is 1. The van der Waals surface area contributed by atoms with Crippen molar-refractivity contribution in [1.29, 1.82) is 0 Å². The monoisotopic (exact) mass is 365 g/mol. The lowest BCUT2D eigenvalue weighted by atomic mass is 10.1. The van der Waals surface area contributed by atoms with E-state index in [4.69, 9.17) is 16.9 Å². The number of ether oxygens (including phenoxy) is 1. The Morgan fingerprint density at radius 1 is 1.19 bits per heavy atom. The van der Waals surface area contributed by atoms with Crippen molar-refractivity contribution in [3.05, 3.63) is 11.6 Å². The smallest absolute Gasteiger partial charge is 0.247 e. The molecule has 3 amide bonds. The Balaban J connectivity index is 4.87. The first-order chi connectivity index (χ1) is 12.3. The van der Waals surface area contributed by atoms with E-state index < -0.39 is 23.9 Å². The van der Waals surface area contributed by atoms with Gasteiger partial charge in [0.2, 0.25) is 17.7 Å². The minimum absolute atomic E-state index is 0.138. The first-order valence-electron chi connectivity index (χ1n) is 8.88. The van der Waals surface area contributed by atoms with Crippen LogP contribution in [-0.2, 0) is 19.1 Å². The molecule has 0 heterocycles. The molecule has 26 heavy (non-hydrogen) atoms. The lowest BCUT2D eigenvalue weighted by Gasteiger charge is -2.19. The van der Waals surface area contributed by atoms with Gasteiger partial charge in [-0.3, -0.25) is 14.4 Å². The SMILES string of the molecule is C#C[C@@H](COC)NC(=O)C(/C=C(/C)C(N)=O)NC(=O)CCCCCCC. The van der Waals surface area contributed by atoms with E-state index in [1.54, 1.807) is 0 Å². The lowest BCUT2D eigenvalue weighted by Crippen LogP contribution is -2.49. The summed E-state index contributed by atoms with van der Waals surface area (Å²) in [5.74, 6) is 0.937. The van der Waals surface area contributed by atoms with Crippen molar-refractivity contribution in [3.63, 3.8) is 0 Å². The molecule has 0 bridgehead atoms. The molecule has 0 aliphatic heterocycles. The van der Waals surface area contributed by atoms with Crippen LogP contribution in [0.2, 0.25) is 0 Å². The van der Waals surface area contributed by atoms with Gasteiger partial charge in [0.1, 0.15) is 12.1 Å². The van der Waals surface area contributed by atoms with Crippen LogP contribution in [0.25, 0.3) is 0 Å². The van der Waals surface area contributed by atoms with Crippen molar-refractivity contribution in [1.82, 2.24) is 10.6 Å². The van der Waals surface area contributed by atoms with Gasteiger partial charge in [-0.2, -0.15) is 0 Å². The molecular formula is C19H31N3O4. The van der Waals surface area contributed by atoms with Gasteiger partial charge in [-0.25, -0.2) is 0 Å². The maximum absolute atomic E-state index is 12.4. The Bertz CT molecular complexity index is 537. The molecular weight excluding hydrogens is 334 g/mol.